The van der Waals surface area contributed by atoms with Gasteiger partial charge in [-0.2, -0.15) is 0 Å². The van der Waals surface area contributed by atoms with Crippen LogP contribution in [-0.2, 0) is 11.2 Å². The quantitative estimate of drug-likeness (QED) is 0.517. The van der Waals surface area contributed by atoms with E-state index >= 15 is 0 Å². The Bertz CT molecular complexity index is 1110. The molecule has 9 heteroatoms. The molecule has 31 heavy (non-hydrogen) atoms. The van der Waals surface area contributed by atoms with E-state index in [0.29, 0.717) is 52.9 Å². The van der Waals surface area contributed by atoms with Crippen LogP contribution in [0.4, 0.5) is 5.69 Å². The Balaban J connectivity index is 1.44. The molecule has 2 aromatic heterocycles. The Labute approximate surface area is 189 Å². The highest BCUT2D eigenvalue weighted by Crippen LogP contribution is 2.28. The molecule has 0 radical (unpaired) electrons. The lowest BCUT2D eigenvalue weighted by molar-refractivity contribution is -0.132. The number of pyridine rings is 1. The van der Waals surface area contributed by atoms with Crippen molar-refractivity contribution >= 4 is 51.7 Å². The van der Waals surface area contributed by atoms with E-state index in [1.165, 1.54) is 6.20 Å². The minimum Gasteiger partial charge on any atom is -0.379 e. The number of piperidine rings is 1. The molecule has 1 unspecified atom stereocenters. The first-order valence-electron chi connectivity index (χ1n) is 10.2. The second kappa shape index (κ2) is 9.16. The molecule has 4 rings (SSSR count). The minimum absolute atomic E-state index is 0.0110. The number of carbonyl (C=O) groups is 2. The van der Waals surface area contributed by atoms with Crippen molar-refractivity contribution in [2.45, 2.75) is 31.7 Å². The lowest BCUT2D eigenvalue weighted by atomic mass is 10.0. The highest BCUT2D eigenvalue weighted by atomic mass is 35.5. The molecule has 1 fully saturated rings. The van der Waals surface area contributed by atoms with Crippen molar-refractivity contribution in [1.82, 2.24) is 14.9 Å². The number of nitrogens with zero attached hydrogens (tertiary/aromatic N) is 2. The van der Waals surface area contributed by atoms with Crippen LogP contribution in [0.5, 0.6) is 0 Å². The van der Waals surface area contributed by atoms with Gasteiger partial charge >= 0.3 is 0 Å². The van der Waals surface area contributed by atoms with Gasteiger partial charge in [0.15, 0.2) is 0 Å². The number of carbonyl (C=O) groups excluding carboxylic acids is 2. The number of halogens is 2. The van der Waals surface area contributed by atoms with Crippen molar-refractivity contribution in [3.63, 3.8) is 0 Å². The van der Waals surface area contributed by atoms with Crippen LogP contribution in [0.3, 0.4) is 0 Å². The van der Waals surface area contributed by atoms with E-state index in [4.69, 9.17) is 28.9 Å². The molecule has 1 aliphatic rings. The number of benzene rings is 1. The number of aromatic nitrogens is 2. The topological polar surface area (TPSA) is 104 Å². The van der Waals surface area contributed by atoms with Crippen molar-refractivity contribution in [2.24, 2.45) is 5.73 Å². The van der Waals surface area contributed by atoms with Gasteiger partial charge < -0.3 is 20.9 Å². The molecule has 4 N–H and O–H groups in total. The van der Waals surface area contributed by atoms with Crippen LogP contribution in [-0.4, -0.2) is 45.8 Å². The predicted octanol–water partition coefficient (Wildman–Crippen LogP) is 4.00. The van der Waals surface area contributed by atoms with Gasteiger partial charge in [0.05, 0.1) is 11.3 Å². The van der Waals surface area contributed by atoms with E-state index in [0.717, 1.165) is 23.8 Å². The molecule has 1 saturated heterocycles. The molecule has 3 aromatic rings. The third-order valence-electron chi connectivity index (χ3n) is 5.52. The summed E-state index contributed by atoms with van der Waals surface area (Å²) in [5.41, 5.74) is 8.18. The zero-order valence-electron chi connectivity index (χ0n) is 16.8. The number of aromatic amines is 1. The molecular weight excluding hydrogens is 437 g/mol. The van der Waals surface area contributed by atoms with E-state index < -0.39 is 5.91 Å². The number of nitrogens with two attached hydrogens (primary N) is 1. The third-order valence-corrected chi connectivity index (χ3v) is 5.96. The lowest BCUT2D eigenvalue weighted by Crippen LogP contribution is -2.45. The zero-order valence-corrected chi connectivity index (χ0v) is 18.3. The molecule has 7 nitrogen and oxygen atoms in total. The smallest absolute Gasteiger partial charge is 0.252 e. The summed E-state index contributed by atoms with van der Waals surface area (Å²) in [6.45, 7) is 1.27. The first-order valence-corrected chi connectivity index (χ1v) is 10.9. The second-order valence-corrected chi connectivity index (χ2v) is 8.62. The summed E-state index contributed by atoms with van der Waals surface area (Å²) >= 11 is 12.1. The van der Waals surface area contributed by atoms with Gasteiger partial charge in [-0.05, 0) is 49.1 Å². The molecule has 0 saturated carbocycles. The fourth-order valence-corrected chi connectivity index (χ4v) is 4.61. The standard InChI is InChI=1S/C22H23Cl2N5O2/c23-14-8-13(9-15(24)10-14)3-4-19(30)29-7-1-2-16(12-29)28-20-17-5-6-26-22(17)27-11-18(20)21(25)31/h5-6,8-11,16H,1-4,7,12H2,(H2,25,31)(H2,26,27,28). The number of H-pyrrole nitrogens is 1. The van der Waals surface area contributed by atoms with Gasteiger partial charge in [0.25, 0.3) is 5.91 Å². The average molecular weight is 460 g/mol. The average Bonchev–Trinajstić information content (AvgIpc) is 3.21. The van der Waals surface area contributed by atoms with Crippen LogP contribution in [0.1, 0.15) is 35.2 Å². The Morgan fingerprint density at radius 1 is 1.26 bits per heavy atom. The van der Waals surface area contributed by atoms with Crippen molar-refractivity contribution < 1.29 is 9.59 Å². The maximum Gasteiger partial charge on any atom is 0.252 e. The number of amides is 2. The van der Waals surface area contributed by atoms with Gasteiger partial charge in [-0.1, -0.05) is 23.2 Å². The van der Waals surface area contributed by atoms with Crippen LogP contribution in [0.2, 0.25) is 10.0 Å². The fourth-order valence-electron chi connectivity index (χ4n) is 4.04. The molecular formula is C22H23Cl2N5O2. The summed E-state index contributed by atoms with van der Waals surface area (Å²) in [6.07, 6.45) is 5.97. The first-order chi connectivity index (χ1) is 14.9. The molecule has 1 atom stereocenters. The fraction of sp³-hybridized carbons (Fsp3) is 0.318. The number of hydrogen-bond donors (Lipinski definition) is 3. The summed E-state index contributed by atoms with van der Waals surface area (Å²) in [6, 6.07) is 7.21. The molecule has 0 bridgehead atoms. The maximum atomic E-state index is 12.8. The molecule has 0 aliphatic carbocycles. The number of nitrogens with one attached hydrogen (secondary N) is 2. The lowest BCUT2D eigenvalue weighted by Gasteiger charge is -2.34. The third kappa shape index (κ3) is 4.94. The van der Waals surface area contributed by atoms with Gasteiger partial charge in [-0.3, -0.25) is 9.59 Å². The number of likely N-dealkylation sites (tertiary alicyclic amines) is 1. The normalized spacial score (nSPS) is 16.5. The molecule has 3 heterocycles. The van der Waals surface area contributed by atoms with Crippen molar-refractivity contribution in [3.05, 3.63) is 57.8 Å². The number of hydrogen-bond acceptors (Lipinski definition) is 4. The maximum absolute atomic E-state index is 12.8. The van der Waals surface area contributed by atoms with Crippen molar-refractivity contribution in [3.8, 4) is 0 Å². The van der Waals surface area contributed by atoms with Gasteiger partial charge in [0.1, 0.15) is 5.65 Å². The molecule has 162 valence electrons. The van der Waals surface area contributed by atoms with Crippen molar-refractivity contribution in [1.29, 1.82) is 0 Å². The Morgan fingerprint density at radius 2 is 2.03 bits per heavy atom. The predicted molar refractivity (Wildman–Crippen MR) is 123 cm³/mol. The van der Waals surface area contributed by atoms with Gasteiger partial charge in [0, 0.05) is 53.4 Å². The van der Waals surface area contributed by atoms with Crippen molar-refractivity contribution in [2.75, 3.05) is 18.4 Å². The number of fused-ring (bicyclic) bond motifs is 1. The Morgan fingerprint density at radius 3 is 2.77 bits per heavy atom. The van der Waals surface area contributed by atoms with E-state index in [9.17, 15) is 9.59 Å². The highest BCUT2D eigenvalue weighted by molar-refractivity contribution is 6.34. The van der Waals surface area contributed by atoms with E-state index in [2.05, 4.69) is 15.3 Å². The van der Waals surface area contributed by atoms with Crippen LogP contribution in [0.25, 0.3) is 11.0 Å². The van der Waals surface area contributed by atoms with E-state index in [1.807, 2.05) is 23.1 Å². The van der Waals surface area contributed by atoms with E-state index in [-0.39, 0.29) is 11.9 Å². The summed E-state index contributed by atoms with van der Waals surface area (Å²) in [7, 11) is 0. The zero-order chi connectivity index (χ0) is 22.0. The summed E-state index contributed by atoms with van der Waals surface area (Å²) < 4.78 is 0. The molecule has 1 aliphatic heterocycles. The number of aryl methyl sites for hydroxylation is 1. The van der Waals surface area contributed by atoms with Gasteiger partial charge in [0.2, 0.25) is 5.91 Å². The molecule has 1 aromatic carbocycles. The molecule has 0 spiro atoms. The van der Waals surface area contributed by atoms with Gasteiger partial charge in [-0.15, -0.1) is 0 Å². The Hall–Kier alpha value is -2.77. The van der Waals surface area contributed by atoms with Crippen LogP contribution < -0.4 is 11.1 Å². The largest absolute Gasteiger partial charge is 0.379 e. The van der Waals surface area contributed by atoms with Crippen LogP contribution in [0.15, 0.2) is 36.7 Å². The van der Waals surface area contributed by atoms with E-state index in [1.54, 1.807) is 12.3 Å². The second-order valence-electron chi connectivity index (χ2n) is 7.75. The number of rotatable bonds is 6. The summed E-state index contributed by atoms with van der Waals surface area (Å²) in [5, 5.41) is 5.38. The monoisotopic (exact) mass is 459 g/mol. The van der Waals surface area contributed by atoms with Crippen LogP contribution in [0, 0.1) is 0 Å². The summed E-state index contributed by atoms with van der Waals surface area (Å²) in [4.78, 5) is 33.9. The SMILES string of the molecule is NC(=O)c1cnc2[nH]ccc2c1NC1CCCN(C(=O)CCc2cc(Cl)cc(Cl)c2)C1. The Kier molecular flexibility index (Phi) is 6.34. The summed E-state index contributed by atoms with van der Waals surface area (Å²) in [5.74, 6) is -0.457. The minimum atomic E-state index is -0.540. The van der Waals surface area contributed by atoms with Crippen LogP contribution >= 0.6 is 23.2 Å². The molecule has 2 amide bonds. The number of primary amides is 1. The number of anilines is 1. The first kappa shape index (κ1) is 21.5. The highest BCUT2D eigenvalue weighted by Gasteiger charge is 2.25. The van der Waals surface area contributed by atoms with Gasteiger partial charge in [-0.25, -0.2) is 4.98 Å².